The van der Waals surface area contributed by atoms with Gasteiger partial charge in [0.2, 0.25) is 11.8 Å². The van der Waals surface area contributed by atoms with Crippen LogP contribution < -0.4 is 16.0 Å². The van der Waals surface area contributed by atoms with E-state index in [1.54, 1.807) is 24.3 Å². The fourth-order valence-corrected chi connectivity index (χ4v) is 4.27. The van der Waals surface area contributed by atoms with Crippen LogP contribution in [0.2, 0.25) is 0 Å². The van der Waals surface area contributed by atoms with Gasteiger partial charge in [0.15, 0.2) is 0 Å². The zero-order valence-corrected chi connectivity index (χ0v) is 19.2. The van der Waals surface area contributed by atoms with Crippen molar-refractivity contribution in [1.82, 2.24) is 10.6 Å². The lowest BCUT2D eigenvalue weighted by Gasteiger charge is -2.16. The maximum Gasteiger partial charge on any atom is 0.254 e. The highest BCUT2D eigenvalue weighted by atomic mass is 16.2. The van der Waals surface area contributed by atoms with Crippen LogP contribution in [0.5, 0.6) is 0 Å². The lowest BCUT2D eigenvalue weighted by Crippen LogP contribution is -2.37. The van der Waals surface area contributed by atoms with Gasteiger partial charge >= 0.3 is 0 Å². The first-order chi connectivity index (χ1) is 17.0. The number of rotatable bonds is 8. The summed E-state index contributed by atoms with van der Waals surface area (Å²) in [6, 6.07) is 25.5. The maximum absolute atomic E-state index is 13.0. The lowest BCUT2D eigenvalue weighted by atomic mass is 9.97. The normalized spacial score (nSPS) is 15.5. The van der Waals surface area contributed by atoms with E-state index in [2.05, 4.69) is 22.0 Å². The van der Waals surface area contributed by atoms with E-state index in [-0.39, 0.29) is 36.1 Å². The molecule has 0 saturated carbocycles. The van der Waals surface area contributed by atoms with Crippen LogP contribution in [-0.4, -0.2) is 30.3 Å². The number of hydrogen-bond acceptors (Lipinski definition) is 4. The highest BCUT2D eigenvalue weighted by Crippen LogP contribution is 2.24. The topological polar surface area (TPSA) is 111 Å². The van der Waals surface area contributed by atoms with Gasteiger partial charge < -0.3 is 16.0 Å². The van der Waals surface area contributed by atoms with Gasteiger partial charge in [-0.15, -0.1) is 0 Å². The van der Waals surface area contributed by atoms with E-state index in [9.17, 15) is 19.6 Å². The Kier molecular flexibility index (Phi) is 7.53. The molecule has 3 N–H and O–H groups in total. The molecule has 1 unspecified atom stereocenters. The lowest BCUT2D eigenvalue weighted by molar-refractivity contribution is -0.122. The van der Waals surface area contributed by atoms with Crippen molar-refractivity contribution < 1.29 is 14.4 Å². The molecule has 0 bridgehead atoms. The van der Waals surface area contributed by atoms with Gasteiger partial charge in [-0.3, -0.25) is 14.4 Å². The van der Waals surface area contributed by atoms with Crippen molar-refractivity contribution in [3.8, 4) is 17.2 Å². The van der Waals surface area contributed by atoms with Gasteiger partial charge in [-0.1, -0.05) is 66.7 Å². The van der Waals surface area contributed by atoms with Crippen LogP contribution in [0.1, 0.15) is 28.8 Å². The van der Waals surface area contributed by atoms with Gasteiger partial charge in [0.05, 0.1) is 23.7 Å². The molecule has 176 valence electrons. The van der Waals surface area contributed by atoms with Gasteiger partial charge in [0.1, 0.15) is 6.04 Å². The van der Waals surface area contributed by atoms with Crippen LogP contribution >= 0.6 is 0 Å². The van der Waals surface area contributed by atoms with E-state index in [4.69, 9.17) is 0 Å². The second-order valence-corrected chi connectivity index (χ2v) is 8.46. The number of carbonyl (C=O) groups excluding carboxylic acids is 3. The fraction of sp³-hybridized carbons (Fsp3) is 0.214. The Labute approximate surface area is 204 Å². The summed E-state index contributed by atoms with van der Waals surface area (Å²) in [5.41, 5.74) is 3.49. The standard InChI is InChI=1S/C28H26N4O3/c29-18-22(16-21-14-15-30-27(21)34)31-28(35)24-12-6-7-13-25(24)32-26(33)17-20-10-4-5-11-23(20)19-8-2-1-3-9-19/h1-13,21-22H,14-17H2,(H,30,34)(H,31,35)(H,32,33)/t21?,22-/m0/s1. The van der Waals surface area contributed by atoms with E-state index in [0.29, 0.717) is 18.7 Å². The van der Waals surface area contributed by atoms with E-state index in [0.717, 1.165) is 16.7 Å². The fourth-order valence-electron chi connectivity index (χ4n) is 4.27. The first-order valence-corrected chi connectivity index (χ1v) is 11.6. The van der Waals surface area contributed by atoms with Crippen molar-refractivity contribution >= 4 is 23.4 Å². The Morgan fingerprint density at radius 3 is 2.46 bits per heavy atom. The van der Waals surface area contributed by atoms with Crippen molar-refractivity contribution in [1.29, 1.82) is 5.26 Å². The van der Waals surface area contributed by atoms with Crippen molar-refractivity contribution in [3.05, 3.63) is 90.0 Å². The molecule has 1 aliphatic rings. The molecule has 35 heavy (non-hydrogen) atoms. The number of para-hydroxylation sites is 1. The Hall–Kier alpha value is -4.44. The molecule has 0 aliphatic carbocycles. The molecular formula is C28H26N4O3. The largest absolute Gasteiger partial charge is 0.356 e. The average Bonchev–Trinajstić information content (AvgIpc) is 3.28. The molecular weight excluding hydrogens is 440 g/mol. The molecule has 3 aromatic rings. The first kappa shape index (κ1) is 23.7. The van der Waals surface area contributed by atoms with Gasteiger partial charge in [-0.05, 0) is 41.7 Å². The quantitative estimate of drug-likeness (QED) is 0.470. The minimum absolute atomic E-state index is 0.0945. The third-order valence-corrected chi connectivity index (χ3v) is 6.04. The monoisotopic (exact) mass is 466 g/mol. The van der Waals surface area contributed by atoms with E-state index in [1.165, 1.54) is 0 Å². The van der Waals surface area contributed by atoms with Gasteiger partial charge in [0.25, 0.3) is 5.91 Å². The summed E-state index contributed by atoms with van der Waals surface area (Å²) in [6.07, 6.45) is 1.03. The zero-order chi connectivity index (χ0) is 24.6. The molecule has 7 heteroatoms. The van der Waals surface area contributed by atoms with Crippen molar-refractivity contribution in [2.24, 2.45) is 5.92 Å². The van der Waals surface area contributed by atoms with Gasteiger partial charge in [0, 0.05) is 12.5 Å². The Morgan fingerprint density at radius 2 is 1.71 bits per heavy atom. The first-order valence-electron chi connectivity index (χ1n) is 11.6. The Balaban J connectivity index is 1.45. The summed E-state index contributed by atoms with van der Waals surface area (Å²) in [7, 11) is 0. The Bertz CT molecular complexity index is 1270. The smallest absolute Gasteiger partial charge is 0.254 e. The summed E-state index contributed by atoms with van der Waals surface area (Å²) >= 11 is 0. The molecule has 7 nitrogen and oxygen atoms in total. The third-order valence-electron chi connectivity index (χ3n) is 6.04. The second kappa shape index (κ2) is 11.1. The number of nitrogens with one attached hydrogen (secondary N) is 3. The molecule has 1 fully saturated rings. The molecule has 1 aliphatic heterocycles. The highest BCUT2D eigenvalue weighted by Gasteiger charge is 2.28. The molecule has 0 radical (unpaired) electrons. The van der Waals surface area contributed by atoms with Crippen molar-refractivity contribution in [3.63, 3.8) is 0 Å². The molecule has 1 saturated heterocycles. The summed E-state index contributed by atoms with van der Waals surface area (Å²) in [4.78, 5) is 37.7. The van der Waals surface area contributed by atoms with E-state index in [1.807, 2.05) is 54.6 Å². The zero-order valence-electron chi connectivity index (χ0n) is 19.2. The van der Waals surface area contributed by atoms with E-state index >= 15 is 0 Å². The predicted octanol–water partition coefficient (Wildman–Crippen LogP) is 3.68. The molecule has 0 aromatic heterocycles. The summed E-state index contributed by atoms with van der Waals surface area (Å²) in [6.45, 7) is 0.581. The summed E-state index contributed by atoms with van der Waals surface area (Å²) in [5.74, 6) is -1.12. The summed E-state index contributed by atoms with van der Waals surface area (Å²) in [5, 5.41) is 17.8. The van der Waals surface area contributed by atoms with Crippen molar-refractivity contribution in [2.45, 2.75) is 25.3 Å². The highest BCUT2D eigenvalue weighted by molar-refractivity contribution is 6.04. The van der Waals surface area contributed by atoms with Crippen LogP contribution in [0.25, 0.3) is 11.1 Å². The van der Waals surface area contributed by atoms with Crippen LogP contribution in [-0.2, 0) is 16.0 Å². The number of carbonyl (C=O) groups is 3. The minimum Gasteiger partial charge on any atom is -0.356 e. The minimum atomic E-state index is -0.808. The van der Waals surface area contributed by atoms with Crippen LogP contribution in [0.4, 0.5) is 5.69 Å². The van der Waals surface area contributed by atoms with Crippen LogP contribution in [0, 0.1) is 17.2 Å². The van der Waals surface area contributed by atoms with Gasteiger partial charge in [-0.25, -0.2) is 0 Å². The van der Waals surface area contributed by atoms with Crippen LogP contribution in [0.15, 0.2) is 78.9 Å². The molecule has 2 atom stereocenters. The average molecular weight is 467 g/mol. The van der Waals surface area contributed by atoms with E-state index < -0.39 is 11.9 Å². The number of anilines is 1. The molecule has 1 heterocycles. The summed E-state index contributed by atoms with van der Waals surface area (Å²) < 4.78 is 0. The molecule has 0 spiro atoms. The number of nitrogens with zero attached hydrogens (tertiary/aromatic N) is 1. The molecule has 3 aromatic carbocycles. The second-order valence-electron chi connectivity index (χ2n) is 8.46. The number of nitriles is 1. The van der Waals surface area contributed by atoms with Gasteiger partial charge in [-0.2, -0.15) is 5.26 Å². The van der Waals surface area contributed by atoms with Crippen molar-refractivity contribution in [2.75, 3.05) is 11.9 Å². The number of hydrogen-bond donors (Lipinski definition) is 3. The maximum atomic E-state index is 13.0. The molecule has 3 amide bonds. The van der Waals surface area contributed by atoms with Crippen LogP contribution in [0.3, 0.4) is 0 Å². The predicted molar refractivity (Wildman–Crippen MR) is 133 cm³/mol. The Morgan fingerprint density at radius 1 is 1.00 bits per heavy atom. The number of amides is 3. The third kappa shape index (κ3) is 5.92. The SMILES string of the molecule is N#C[C@H](CC1CCNC1=O)NC(=O)c1ccccc1NC(=O)Cc1ccccc1-c1ccccc1. The number of benzene rings is 3. The molecule has 4 rings (SSSR count).